The van der Waals surface area contributed by atoms with E-state index in [1.165, 1.54) is 23.1 Å². The molecule has 0 aliphatic heterocycles. The van der Waals surface area contributed by atoms with Crippen molar-refractivity contribution in [3.63, 3.8) is 0 Å². The van der Waals surface area contributed by atoms with Crippen LogP contribution in [0, 0.1) is 0 Å². The fourth-order valence-electron chi connectivity index (χ4n) is 1.85. The third-order valence-corrected chi connectivity index (χ3v) is 2.73. The molecule has 0 saturated heterocycles. The summed E-state index contributed by atoms with van der Waals surface area (Å²) in [7, 11) is 0. The van der Waals surface area contributed by atoms with Crippen molar-refractivity contribution in [2.24, 2.45) is 0 Å². The number of rotatable bonds is 3. The van der Waals surface area contributed by atoms with E-state index in [0.29, 0.717) is 6.04 Å². The van der Waals surface area contributed by atoms with Crippen LogP contribution in [0.3, 0.4) is 0 Å². The molecule has 74 valence electrons. The SMILES string of the molecule is CC(C)=CCNC1Cc2ccccc21. The highest BCUT2D eigenvalue weighted by Gasteiger charge is 2.23. The quantitative estimate of drug-likeness (QED) is 0.717. The Hall–Kier alpha value is -1.08. The Kier molecular flexibility index (Phi) is 2.69. The Bertz CT molecular complexity index is 348. The monoisotopic (exact) mass is 187 g/mol. The van der Waals surface area contributed by atoms with Gasteiger partial charge in [-0.25, -0.2) is 0 Å². The van der Waals surface area contributed by atoms with E-state index in [1.54, 1.807) is 0 Å². The summed E-state index contributed by atoms with van der Waals surface area (Å²) in [4.78, 5) is 0. The van der Waals surface area contributed by atoms with Crippen molar-refractivity contribution >= 4 is 0 Å². The van der Waals surface area contributed by atoms with Gasteiger partial charge in [-0.15, -0.1) is 0 Å². The summed E-state index contributed by atoms with van der Waals surface area (Å²) in [5.41, 5.74) is 4.36. The van der Waals surface area contributed by atoms with Crippen LogP contribution in [0.5, 0.6) is 0 Å². The van der Waals surface area contributed by atoms with Crippen LogP contribution in [-0.2, 0) is 6.42 Å². The normalized spacial score (nSPS) is 18.3. The summed E-state index contributed by atoms with van der Waals surface area (Å²) in [6, 6.07) is 9.26. The first-order valence-corrected chi connectivity index (χ1v) is 5.22. The number of fused-ring (bicyclic) bond motifs is 1. The molecule has 0 radical (unpaired) electrons. The maximum atomic E-state index is 3.53. The predicted octanol–water partition coefficient (Wildman–Crippen LogP) is 2.84. The third-order valence-electron chi connectivity index (χ3n) is 2.73. The number of nitrogens with one attached hydrogen (secondary N) is 1. The molecule has 2 rings (SSSR count). The summed E-state index contributed by atoms with van der Waals surface area (Å²) in [6.07, 6.45) is 3.42. The lowest BCUT2D eigenvalue weighted by Crippen LogP contribution is -2.31. The lowest BCUT2D eigenvalue weighted by molar-refractivity contribution is 0.508. The molecule has 1 atom stereocenters. The molecule has 1 N–H and O–H groups in total. The molecule has 0 spiro atoms. The number of allylic oxidation sites excluding steroid dienone is 1. The molecule has 1 aromatic carbocycles. The van der Waals surface area contributed by atoms with Crippen LogP contribution >= 0.6 is 0 Å². The Morgan fingerprint density at radius 1 is 1.43 bits per heavy atom. The lowest BCUT2D eigenvalue weighted by Gasteiger charge is -2.30. The van der Waals surface area contributed by atoms with Gasteiger partial charge in [-0.3, -0.25) is 0 Å². The molecule has 0 aromatic heterocycles. The number of hydrogen-bond acceptors (Lipinski definition) is 1. The molecule has 1 aromatic rings. The molecule has 14 heavy (non-hydrogen) atoms. The van der Waals surface area contributed by atoms with Crippen LogP contribution in [0.25, 0.3) is 0 Å². The van der Waals surface area contributed by atoms with E-state index in [4.69, 9.17) is 0 Å². The van der Waals surface area contributed by atoms with Gasteiger partial charge < -0.3 is 5.32 Å². The van der Waals surface area contributed by atoms with Crippen molar-refractivity contribution in [1.82, 2.24) is 5.32 Å². The maximum Gasteiger partial charge on any atom is 0.0366 e. The average Bonchev–Trinajstić information content (AvgIpc) is 2.12. The van der Waals surface area contributed by atoms with E-state index in [2.05, 4.69) is 49.5 Å². The van der Waals surface area contributed by atoms with Crippen molar-refractivity contribution in [2.75, 3.05) is 6.54 Å². The van der Waals surface area contributed by atoms with Crippen LogP contribution in [0.1, 0.15) is 31.0 Å². The van der Waals surface area contributed by atoms with Gasteiger partial charge in [0.1, 0.15) is 0 Å². The summed E-state index contributed by atoms with van der Waals surface area (Å²) < 4.78 is 0. The van der Waals surface area contributed by atoms with Crippen LogP contribution in [0.4, 0.5) is 0 Å². The number of benzene rings is 1. The summed E-state index contributed by atoms with van der Waals surface area (Å²) in [5.74, 6) is 0. The van der Waals surface area contributed by atoms with Crippen molar-refractivity contribution in [3.05, 3.63) is 47.0 Å². The van der Waals surface area contributed by atoms with Gasteiger partial charge >= 0.3 is 0 Å². The second-order valence-electron chi connectivity index (χ2n) is 4.15. The molecule has 1 aliphatic rings. The standard InChI is InChI=1S/C13H17N/c1-10(2)7-8-14-13-9-11-5-3-4-6-12(11)13/h3-7,13-14H,8-9H2,1-2H3. The first-order chi connectivity index (χ1) is 6.77. The van der Waals surface area contributed by atoms with Gasteiger partial charge in [-0.1, -0.05) is 35.9 Å². The summed E-state index contributed by atoms with van der Waals surface area (Å²) >= 11 is 0. The van der Waals surface area contributed by atoms with E-state index in [0.717, 1.165) is 6.54 Å². The zero-order valence-corrected chi connectivity index (χ0v) is 8.88. The van der Waals surface area contributed by atoms with Crippen LogP contribution in [-0.4, -0.2) is 6.54 Å². The van der Waals surface area contributed by atoms with Gasteiger partial charge in [0.15, 0.2) is 0 Å². The predicted molar refractivity (Wildman–Crippen MR) is 60.3 cm³/mol. The van der Waals surface area contributed by atoms with Crippen molar-refractivity contribution in [3.8, 4) is 0 Å². The molecule has 0 fully saturated rings. The van der Waals surface area contributed by atoms with Crippen LogP contribution < -0.4 is 5.32 Å². The third kappa shape index (κ3) is 1.88. The van der Waals surface area contributed by atoms with Gasteiger partial charge in [0, 0.05) is 12.6 Å². The zero-order valence-electron chi connectivity index (χ0n) is 8.88. The molecule has 0 heterocycles. The Morgan fingerprint density at radius 3 is 2.93 bits per heavy atom. The second kappa shape index (κ2) is 3.97. The number of hydrogen-bond donors (Lipinski definition) is 1. The molecule has 0 amide bonds. The van der Waals surface area contributed by atoms with Gasteiger partial charge in [0.25, 0.3) is 0 Å². The highest BCUT2D eigenvalue weighted by atomic mass is 14.9. The van der Waals surface area contributed by atoms with Crippen molar-refractivity contribution in [1.29, 1.82) is 0 Å². The van der Waals surface area contributed by atoms with Gasteiger partial charge in [0.05, 0.1) is 0 Å². The average molecular weight is 187 g/mol. The van der Waals surface area contributed by atoms with Gasteiger partial charge in [0.2, 0.25) is 0 Å². The van der Waals surface area contributed by atoms with E-state index < -0.39 is 0 Å². The fraction of sp³-hybridized carbons (Fsp3) is 0.385. The van der Waals surface area contributed by atoms with Gasteiger partial charge in [-0.05, 0) is 31.4 Å². The first-order valence-electron chi connectivity index (χ1n) is 5.22. The minimum Gasteiger partial charge on any atom is -0.306 e. The second-order valence-corrected chi connectivity index (χ2v) is 4.15. The molecule has 1 heteroatoms. The summed E-state index contributed by atoms with van der Waals surface area (Å²) in [5, 5.41) is 3.53. The first kappa shape index (κ1) is 9.47. The topological polar surface area (TPSA) is 12.0 Å². The largest absolute Gasteiger partial charge is 0.306 e. The van der Waals surface area contributed by atoms with Crippen molar-refractivity contribution in [2.45, 2.75) is 26.3 Å². The lowest BCUT2D eigenvalue weighted by atomic mass is 9.83. The highest BCUT2D eigenvalue weighted by Crippen LogP contribution is 2.32. The Labute approximate surface area is 85.8 Å². The summed E-state index contributed by atoms with van der Waals surface area (Å²) in [6.45, 7) is 5.26. The maximum absolute atomic E-state index is 3.53. The molecule has 1 unspecified atom stereocenters. The zero-order chi connectivity index (χ0) is 9.97. The smallest absolute Gasteiger partial charge is 0.0366 e. The molecule has 0 saturated carbocycles. The van der Waals surface area contributed by atoms with E-state index >= 15 is 0 Å². The fourth-order valence-corrected chi connectivity index (χ4v) is 1.85. The van der Waals surface area contributed by atoms with E-state index in [-0.39, 0.29) is 0 Å². The Morgan fingerprint density at radius 2 is 2.21 bits per heavy atom. The minimum absolute atomic E-state index is 0.585. The molecule has 1 aliphatic carbocycles. The van der Waals surface area contributed by atoms with E-state index in [1.807, 2.05) is 0 Å². The Balaban J connectivity index is 1.90. The minimum atomic E-state index is 0.585. The highest BCUT2D eigenvalue weighted by molar-refractivity contribution is 5.39. The molecule has 1 nitrogen and oxygen atoms in total. The van der Waals surface area contributed by atoms with Crippen molar-refractivity contribution < 1.29 is 0 Å². The van der Waals surface area contributed by atoms with Gasteiger partial charge in [-0.2, -0.15) is 0 Å². The molecular formula is C13H17N. The molecule has 0 bridgehead atoms. The van der Waals surface area contributed by atoms with E-state index in [9.17, 15) is 0 Å². The van der Waals surface area contributed by atoms with Crippen LogP contribution in [0.15, 0.2) is 35.9 Å². The molecular weight excluding hydrogens is 170 g/mol. The van der Waals surface area contributed by atoms with Crippen LogP contribution in [0.2, 0.25) is 0 Å².